The number of carbonyl (C=O) groups excluding carboxylic acids is 1. The quantitative estimate of drug-likeness (QED) is 0.652. The molecule has 5 nitrogen and oxygen atoms in total. The van der Waals surface area contributed by atoms with E-state index in [1.165, 1.54) is 5.56 Å². The molecule has 1 fully saturated rings. The number of anilines is 1. The van der Waals surface area contributed by atoms with E-state index in [0.29, 0.717) is 29.7 Å². The predicted molar refractivity (Wildman–Crippen MR) is 105 cm³/mol. The van der Waals surface area contributed by atoms with Gasteiger partial charge in [-0.15, -0.1) is 0 Å². The second-order valence-corrected chi connectivity index (χ2v) is 7.25. The van der Waals surface area contributed by atoms with Crippen molar-refractivity contribution in [2.45, 2.75) is 32.6 Å². The van der Waals surface area contributed by atoms with E-state index in [1.807, 2.05) is 37.3 Å². The molecule has 1 saturated heterocycles. The van der Waals surface area contributed by atoms with Gasteiger partial charge in [-0.2, -0.15) is 4.98 Å². The Balaban J connectivity index is 1.53. The van der Waals surface area contributed by atoms with Gasteiger partial charge in [0.15, 0.2) is 0 Å². The highest BCUT2D eigenvalue weighted by molar-refractivity contribution is 6.31. The molecule has 6 heteroatoms. The molecule has 0 spiro atoms. The van der Waals surface area contributed by atoms with Crippen LogP contribution in [0.15, 0.2) is 47.0 Å². The van der Waals surface area contributed by atoms with Gasteiger partial charge in [0, 0.05) is 29.2 Å². The molecule has 1 aromatic heterocycles. The Morgan fingerprint density at radius 3 is 2.70 bits per heavy atom. The van der Waals surface area contributed by atoms with Crippen molar-refractivity contribution in [2.24, 2.45) is 0 Å². The molecule has 27 heavy (non-hydrogen) atoms. The van der Waals surface area contributed by atoms with Crippen molar-refractivity contribution in [2.75, 3.05) is 11.4 Å². The number of carbonyl (C=O) groups is 1. The smallest absolute Gasteiger partial charge is 0.232 e. The van der Waals surface area contributed by atoms with Gasteiger partial charge in [0.05, 0.1) is 5.92 Å². The van der Waals surface area contributed by atoms with Crippen LogP contribution in [0.4, 0.5) is 5.69 Å². The maximum absolute atomic E-state index is 12.5. The molecule has 4 rings (SSSR count). The molecule has 0 radical (unpaired) electrons. The fraction of sp³-hybridized carbons (Fsp3) is 0.286. The summed E-state index contributed by atoms with van der Waals surface area (Å²) in [4.78, 5) is 18.8. The van der Waals surface area contributed by atoms with Crippen LogP contribution in [0, 0.1) is 6.92 Å². The first-order chi connectivity index (χ1) is 13.0. The molecule has 3 aromatic rings. The lowest BCUT2D eigenvalue weighted by Gasteiger charge is -2.17. The van der Waals surface area contributed by atoms with Crippen LogP contribution in [-0.2, 0) is 11.2 Å². The van der Waals surface area contributed by atoms with E-state index in [0.717, 1.165) is 23.2 Å². The Kier molecular flexibility index (Phi) is 4.70. The van der Waals surface area contributed by atoms with E-state index in [1.54, 1.807) is 4.90 Å². The first kappa shape index (κ1) is 17.7. The zero-order chi connectivity index (χ0) is 19.0. The van der Waals surface area contributed by atoms with Gasteiger partial charge in [0.25, 0.3) is 0 Å². The average Bonchev–Trinajstić information content (AvgIpc) is 3.31. The third kappa shape index (κ3) is 3.47. The van der Waals surface area contributed by atoms with Gasteiger partial charge >= 0.3 is 0 Å². The summed E-state index contributed by atoms with van der Waals surface area (Å²) in [5.74, 6) is 1.01. The Morgan fingerprint density at radius 1 is 1.22 bits per heavy atom. The minimum atomic E-state index is -0.107. The Hall–Kier alpha value is -2.66. The summed E-state index contributed by atoms with van der Waals surface area (Å²) in [6.07, 6.45) is 1.35. The Bertz CT molecular complexity index is 981. The molecule has 1 amide bonds. The third-order valence-corrected chi connectivity index (χ3v) is 5.41. The topological polar surface area (TPSA) is 59.2 Å². The standard InChI is InChI=1S/C21H20ClN3O2/c1-3-14-4-6-15(7-5-14)20-23-21(27-24-20)16-11-19(26)25(12-16)17-8-9-18(22)13(2)10-17/h4-10,16H,3,11-12H2,1-2H3. The van der Waals surface area contributed by atoms with Gasteiger partial charge in [-0.3, -0.25) is 4.79 Å². The fourth-order valence-electron chi connectivity index (χ4n) is 3.33. The van der Waals surface area contributed by atoms with Crippen molar-refractivity contribution in [1.82, 2.24) is 10.1 Å². The minimum absolute atomic E-state index is 0.0498. The van der Waals surface area contributed by atoms with Crippen molar-refractivity contribution in [3.05, 3.63) is 64.5 Å². The molecule has 0 saturated carbocycles. The third-order valence-electron chi connectivity index (χ3n) is 4.99. The van der Waals surface area contributed by atoms with Gasteiger partial charge in [0.2, 0.25) is 17.6 Å². The maximum Gasteiger partial charge on any atom is 0.232 e. The largest absolute Gasteiger partial charge is 0.339 e. The summed E-state index contributed by atoms with van der Waals surface area (Å²) in [6.45, 7) is 4.57. The zero-order valence-electron chi connectivity index (χ0n) is 15.3. The second-order valence-electron chi connectivity index (χ2n) is 6.85. The monoisotopic (exact) mass is 381 g/mol. The molecular formula is C21H20ClN3O2. The van der Waals surface area contributed by atoms with Gasteiger partial charge in [-0.1, -0.05) is 47.9 Å². The van der Waals surface area contributed by atoms with E-state index in [9.17, 15) is 4.79 Å². The van der Waals surface area contributed by atoms with Gasteiger partial charge in [-0.25, -0.2) is 0 Å². The zero-order valence-corrected chi connectivity index (χ0v) is 16.0. The van der Waals surface area contributed by atoms with E-state index >= 15 is 0 Å². The SMILES string of the molecule is CCc1ccc(-c2noc(C3CC(=O)N(c4ccc(Cl)c(C)c4)C3)n2)cc1. The van der Waals surface area contributed by atoms with Crippen LogP contribution in [-0.4, -0.2) is 22.6 Å². The molecule has 0 bridgehead atoms. The van der Waals surface area contributed by atoms with Crippen LogP contribution in [0.2, 0.25) is 5.02 Å². The molecule has 0 N–H and O–H groups in total. The van der Waals surface area contributed by atoms with Gasteiger partial charge in [0.1, 0.15) is 0 Å². The van der Waals surface area contributed by atoms with Gasteiger partial charge < -0.3 is 9.42 Å². The number of halogens is 1. The molecule has 2 heterocycles. The molecule has 2 aromatic carbocycles. The Morgan fingerprint density at radius 2 is 2.00 bits per heavy atom. The maximum atomic E-state index is 12.5. The molecule has 138 valence electrons. The van der Waals surface area contributed by atoms with Crippen LogP contribution in [0.5, 0.6) is 0 Å². The molecule has 1 unspecified atom stereocenters. The van der Waals surface area contributed by atoms with Crippen molar-refractivity contribution >= 4 is 23.2 Å². The summed E-state index contributed by atoms with van der Waals surface area (Å²) in [5, 5.41) is 4.79. The number of aromatic nitrogens is 2. The van der Waals surface area contributed by atoms with Crippen LogP contribution in [0.1, 0.15) is 36.3 Å². The molecule has 1 aliphatic rings. The molecule has 1 atom stereocenters. The summed E-state index contributed by atoms with van der Waals surface area (Å²) in [5.41, 5.74) is 3.97. The van der Waals surface area contributed by atoms with Crippen LogP contribution in [0.25, 0.3) is 11.4 Å². The molecule has 0 aliphatic carbocycles. The van der Waals surface area contributed by atoms with Crippen LogP contribution < -0.4 is 4.90 Å². The summed E-state index contributed by atoms with van der Waals surface area (Å²) in [6, 6.07) is 13.7. The van der Waals surface area contributed by atoms with Crippen molar-refractivity contribution in [1.29, 1.82) is 0 Å². The lowest BCUT2D eigenvalue weighted by molar-refractivity contribution is -0.117. The predicted octanol–water partition coefficient (Wildman–Crippen LogP) is 4.78. The number of benzene rings is 2. The van der Waals surface area contributed by atoms with Crippen molar-refractivity contribution in [3.8, 4) is 11.4 Å². The summed E-state index contributed by atoms with van der Waals surface area (Å²) >= 11 is 6.09. The van der Waals surface area contributed by atoms with E-state index in [-0.39, 0.29) is 11.8 Å². The highest BCUT2D eigenvalue weighted by atomic mass is 35.5. The van der Waals surface area contributed by atoms with E-state index < -0.39 is 0 Å². The fourth-order valence-corrected chi connectivity index (χ4v) is 3.44. The van der Waals surface area contributed by atoms with E-state index in [4.69, 9.17) is 16.1 Å². The number of amides is 1. The van der Waals surface area contributed by atoms with Gasteiger partial charge in [-0.05, 0) is 42.7 Å². The summed E-state index contributed by atoms with van der Waals surface area (Å²) < 4.78 is 5.47. The number of nitrogens with zero attached hydrogens (tertiary/aromatic N) is 3. The second kappa shape index (κ2) is 7.16. The lowest BCUT2D eigenvalue weighted by atomic mass is 10.1. The summed E-state index contributed by atoms with van der Waals surface area (Å²) in [7, 11) is 0. The first-order valence-corrected chi connectivity index (χ1v) is 9.42. The average molecular weight is 382 g/mol. The number of rotatable bonds is 4. The Labute approximate surface area is 163 Å². The normalized spacial score (nSPS) is 16.9. The van der Waals surface area contributed by atoms with Crippen molar-refractivity contribution in [3.63, 3.8) is 0 Å². The lowest BCUT2D eigenvalue weighted by Crippen LogP contribution is -2.24. The van der Waals surface area contributed by atoms with Crippen molar-refractivity contribution < 1.29 is 9.32 Å². The number of aryl methyl sites for hydroxylation is 2. The number of hydrogen-bond acceptors (Lipinski definition) is 4. The van der Waals surface area contributed by atoms with Crippen LogP contribution in [0.3, 0.4) is 0 Å². The highest BCUT2D eigenvalue weighted by Gasteiger charge is 2.35. The van der Waals surface area contributed by atoms with E-state index in [2.05, 4.69) is 29.2 Å². The molecular weight excluding hydrogens is 362 g/mol. The highest BCUT2D eigenvalue weighted by Crippen LogP contribution is 2.33. The first-order valence-electron chi connectivity index (χ1n) is 9.04. The minimum Gasteiger partial charge on any atom is -0.339 e. The van der Waals surface area contributed by atoms with Crippen LogP contribution >= 0.6 is 11.6 Å². The molecule has 1 aliphatic heterocycles. The number of hydrogen-bond donors (Lipinski definition) is 0.